The first-order valence-corrected chi connectivity index (χ1v) is 17.3. The summed E-state index contributed by atoms with van der Waals surface area (Å²) in [6.45, 7) is 16.5. The first-order valence-electron chi connectivity index (χ1n) is 17.3. The second-order valence-corrected chi connectivity index (χ2v) is 14.4. The van der Waals surface area contributed by atoms with E-state index in [0.29, 0.717) is 5.92 Å². The van der Waals surface area contributed by atoms with E-state index < -0.39 is 0 Å². The van der Waals surface area contributed by atoms with Gasteiger partial charge in [0.1, 0.15) is 5.75 Å². The Hall–Kier alpha value is -4.10. The summed E-state index contributed by atoms with van der Waals surface area (Å²) in [4.78, 5) is 0. The van der Waals surface area contributed by atoms with Crippen molar-refractivity contribution >= 4 is 0 Å². The Morgan fingerprint density at radius 1 is 0.565 bits per heavy atom. The van der Waals surface area contributed by atoms with Crippen LogP contribution in [0.5, 0.6) is 5.75 Å². The van der Waals surface area contributed by atoms with Crippen LogP contribution in [0.3, 0.4) is 0 Å². The van der Waals surface area contributed by atoms with Crippen molar-refractivity contribution in [3.63, 3.8) is 0 Å². The highest BCUT2D eigenvalue weighted by Crippen LogP contribution is 2.52. The Labute approximate surface area is 277 Å². The van der Waals surface area contributed by atoms with Gasteiger partial charge in [-0.15, -0.1) is 0 Å². The van der Waals surface area contributed by atoms with Gasteiger partial charge < -0.3 is 4.74 Å². The third-order valence-electron chi connectivity index (χ3n) is 9.70. The van der Waals surface area contributed by atoms with Crippen LogP contribution in [0.1, 0.15) is 91.3 Å². The highest BCUT2D eigenvalue weighted by Gasteiger charge is 2.32. The van der Waals surface area contributed by atoms with E-state index in [1.54, 1.807) is 0 Å². The van der Waals surface area contributed by atoms with Crippen molar-refractivity contribution in [2.75, 3.05) is 6.61 Å². The Balaban J connectivity index is 1.34. The molecule has 0 heterocycles. The zero-order valence-corrected chi connectivity index (χ0v) is 28.9. The molecular weight excluding hydrogens is 556 g/mol. The second-order valence-electron chi connectivity index (χ2n) is 14.4. The minimum Gasteiger partial charge on any atom is -0.494 e. The molecule has 2 atom stereocenters. The lowest BCUT2D eigenvalue weighted by molar-refractivity contribution is 0.275. The monoisotopic (exact) mass is 606 g/mol. The molecule has 0 amide bonds. The maximum absolute atomic E-state index is 6.26. The van der Waals surface area contributed by atoms with Crippen LogP contribution < -0.4 is 4.74 Å². The maximum Gasteiger partial charge on any atom is 0.119 e. The van der Waals surface area contributed by atoms with Crippen LogP contribution in [0.2, 0.25) is 0 Å². The first kappa shape index (κ1) is 31.9. The predicted molar refractivity (Wildman–Crippen MR) is 197 cm³/mol. The van der Waals surface area contributed by atoms with Gasteiger partial charge in [-0.1, -0.05) is 141 Å². The van der Waals surface area contributed by atoms with Gasteiger partial charge in [0, 0.05) is 5.92 Å². The van der Waals surface area contributed by atoms with Crippen molar-refractivity contribution in [3.05, 3.63) is 136 Å². The number of hydrogen-bond acceptors (Lipinski definition) is 1. The Morgan fingerprint density at radius 2 is 1.22 bits per heavy atom. The Bertz CT molecular complexity index is 1780. The summed E-state index contributed by atoms with van der Waals surface area (Å²) in [5.41, 5.74) is 17.1. The highest BCUT2D eigenvalue weighted by molar-refractivity contribution is 5.93. The van der Waals surface area contributed by atoms with Crippen LogP contribution in [0.15, 0.2) is 97.1 Å². The van der Waals surface area contributed by atoms with Gasteiger partial charge in [0.25, 0.3) is 0 Å². The summed E-state index contributed by atoms with van der Waals surface area (Å²) in [5.74, 6) is 2.61. The first-order chi connectivity index (χ1) is 22.2. The molecule has 0 fully saturated rings. The SMILES string of the molecule is Cc1cc(C)cc(-c2ccc3c(c2)C(c2ccc(OCCC(C)CCCC(C)C)cc2)c2cccc(-c4cc(C)cc(C)c4)c2-3)c1. The summed E-state index contributed by atoms with van der Waals surface area (Å²) in [6, 6.07) is 36.8. The molecule has 1 aliphatic rings. The fourth-order valence-corrected chi connectivity index (χ4v) is 7.51. The van der Waals surface area contributed by atoms with E-state index in [-0.39, 0.29) is 5.92 Å². The number of benzene rings is 5. The summed E-state index contributed by atoms with van der Waals surface area (Å²) in [7, 11) is 0. The average molecular weight is 607 g/mol. The van der Waals surface area contributed by atoms with Gasteiger partial charge >= 0.3 is 0 Å². The van der Waals surface area contributed by atoms with E-state index in [2.05, 4.69) is 146 Å². The van der Waals surface area contributed by atoms with Crippen LogP contribution in [-0.2, 0) is 0 Å². The minimum absolute atomic E-state index is 0.164. The third-order valence-corrected chi connectivity index (χ3v) is 9.70. The number of aryl methyl sites for hydroxylation is 4. The minimum atomic E-state index is 0.164. The summed E-state index contributed by atoms with van der Waals surface area (Å²) >= 11 is 0. The molecule has 1 nitrogen and oxygen atoms in total. The molecule has 0 bridgehead atoms. The summed E-state index contributed by atoms with van der Waals surface area (Å²) in [6.07, 6.45) is 5.02. The second kappa shape index (κ2) is 13.7. The molecular formula is C45H50O. The molecule has 0 aromatic heterocycles. The van der Waals surface area contributed by atoms with Crippen LogP contribution in [-0.4, -0.2) is 6.61 Å². The van der Waals surface area contributed by atoms with Crippen LogP contribution >= 0.6 is 0 Å². The largest absolute Gasteiger partial charge is 0.494 e. The maximum atomic E-state index is 6.26. The molecule has 0 radical (unpaired) electrons. The van der Waals surface area contributed by atoms with Gasteiger partial charge in [0.05, 0.1) is 6.61 Å². The molecule has 0 N–H and O–H groups in total. The smallest absolute Gasteiger partial charge is 0.119 e. The summed E-state index contributed by atoms with van der Waals surface area (Å²) < 4.78 is 6.26. The predicted octanol–water partition coefficient (Wildman–Crippen LogP) is 12.6. The molecule has 0 spiro atoms. The zero-order chi connectivity index (χ0) is 32.4. The van der Waals surface area contributed by atoms with Crippen molar-refractivity contribution in [1.82, 2.24) is 0 Å². The molecule has 0 aliphatic heterocycles. The molecule has 0 saturated heterocycles. The van der Waals surface area contributed by atoms with Crippen LogP contribution in [0.4, 0.5) is 0 Å². The highest BCUT2D eigenvalue weighted by atomic mass is 16.5. The van der Waals surface area contributed by atoms with E-state index in [9.17, 15) is 0 Å². The number of ether oxygens (including phenoxy) is 1. The van der Waals surface area contributed by atoms with E-state index in [1.807, 2.05) is 0 Å². The Kier molecular flexibility index (Phi) is 9.50. The van der Waals surface area contributed by atoms with Crippen molar-refractivity contribution in [2.24, 2.45) is 11.8 Å². The molecule has 5 aromatic carbocycles. The third kappa shape index (κ3) is 7.00. The molecule has 6 rings (SSSR count). The van der Waals surface area contributed by atoms with Crippen molar-refractivity contribution in [3.8, 4) is 39.1 Å². The molecule has 0 saturated carbocycles. The normalized spacial score (nSPS) is 14.3. The number of rotatable bonds is 11. The van der Waals surface area contributed by atoms with Crippen molar-refractivity contribution in [1.29, 1.82) is 0 Å². The van der Waals surface area contributed by atoms with Gasteiger partial charge in [-0.25, -0.2) is 0 Å². The summed E-state index contributed by atoms with van der Waals surface area (Å²) in [5, 5.41) is 0. The zero-order valence-electron chi connectivity index (χ0n) is 28.9. The molecule has 1 heteroatoms. The van der Waals surface area contributed by atoms with E-state index in [0.717, 1.165) is 24.7 Å². The fraction of sp³-hybridized carbons (Fsp3) is 0.333. The average Bonchev–Trinajstić information content (AvgIpc) is 3.34. The topological polar surface area (TPSA) is 9.23 Å². The number of hydrogen-bond donors (Lipinski definition) is 0. The van der Waals surface area contributed by atoms with Gasteiger partial charge in [-0.2, -0.15) is 0 Å². The molecule has 5 aromatic rings. The molecule has 2 unspecified atom stereocenters. The molecule has 1 aliphatic carbocycles. The van der Waals surface area contributed by atoms with Crippen molar-refractivity contribution < 1.29 is 4.74 Å². The van der Waals surface area contributed by atoms with E-state index >= 15 is 0 Å². The lowest BCUT2D eigenvalue weighted by atomic mass is 9.87. The van der Waals surface area contributed by atoms with Crippen LogP contribution in [0.25, 0.3) is 33.4 Å². The van der Waals surface area contributed by atoms with E-state index in [1.165, 1.54) is 91.6 Å². The lowest BCUT2D eigenvalue weighted by Crippen LogP contribution is -2.05. The van der Waals surface area contributed by atoms with Gasteiger partial charge in [-0.3, -0.25) is 0 Å². The van der Waals surface area contributed by atoms with Crippen molar-refractivity contribution in [2.45, 2.75) is 80.1 Å². The lowest BCUT2D eigenvalue weighted by Gasteiger charge is -2.17. The van der Waals surface area contributed by atoms with Gasteiger partial charge in [0.15, 0.2) is 0 Å². The quantitative estimate of drug-likeness (QED) is 0.143. The van der Waals surface area contributed by atoms with Gasteiger partial charge in [0.2, 0.25) is 0 Å². The molecule has 236 valence electrons. The van der Waals surface area contributed by atoms with Crippen LogP contribution in [0, 0.1) is 39.5 Å². The fourth-order valence-electron chi connectivity index (χ4n) is 7.51. The van der Waals surface area contributed by atoms with E-state index in [4.69, 9.17) is 4.74 Å². The Morgan fingerprint density at radius 3 is 1.87 bits per heavy atom. The molecule has 46 heavy (non-hydrogen) atoms. The van der Waals surface area contributed by atoms with Gasteiger partial charge in [-0.05, 0) is 114 Å². The standard InChI is InChI=1S/C45H50O/c1-29(2)10-8-11-30(3)20-21-46-39-17-14-35(15-18-39)44-42-13-9-12-40(38-26-33(6)23-34(7)27-38)45(42)41-19-16-36(28-43(41)44)37-24-31(4)22-32(5)25-37/h9,12-19,22-30,44H,8,10-11,20-21H2,1-7H3. The number of fused-ring (bicyclic) bond motifs is 3.